The van der Waals surface area contributed by atoms with Gasteiger partial charge in [0.2, 0.25) is 0 Å². The molecule has 7 nitrogen and oxygen atoms in total. The van der Waals surface area contributed by atoms with Gasteiger partial charge in [0.15, 0.2) is 5.69 Å². The molecule has 8 heteroatoms. The minimum absolute atomic E-state index is 0.237. The van der Waals surface area contributed by atoms with E-state index in [1.54, 1.807) is 21.7 Å². The van der Waals surface area contributed by atoms with Crippen LogP contribution in [-0.4, -0.2) is 39.0 Å². The number of amides is 1. The normalized spacial score (nSPS) is 10.9. The number of hydrogen-bond donors (Lipinski definition) is 0. The Kier molecular flexibility index (Phi) is 7.77. The van der Waals surface area contributed by atoms with Crippen molar-refractivity contribution in [3.63, 3.8) is 0 Å². The first kappa shape index (κ1) is 24.4. The summed E-state index contributed by atoms with van der Waals surface area (Å²) in [6, 6.07) is 23.1. The van der Waals surface area contributed by atoms with Crippen molar-refractivity contribution < 1.29 is 4.79 Å². The van der Waals surface area contributed by atoms with Gasteiger partial charge in [0.05, 0.1) is 24.5 Å². The van der Waals surface area contributed by atoms with Gasteiger partial charge in [-0.3, -0.25) is 4.79 Å². The second-order valence-corrected chi connectivity index (χ2v) is 8.63. The van der Waals surface area contributed by atoms with Crippen LogP contribution in [0.5, 0.6) is 0 Å². The fraction of sp³-hybridized carbons (Fsp3) is 0.259. The Morgan fingerprint density at radius 1 is 0.943 bits per heavy atom. The first-order chi connectivity index (χ1) is 17.0. The second kappa shape index (κ2) is 11.1. The maximum absolute atomic E-state index is 13.8. The molecule has 35 heavy (non-hydrogen) atoms. The van der Waals surface area contributed by atoms with E-state index in [4.69, 9.17) is 16.6 Å². The number of nitrogens with zero attached hydrogens (tertiary/aromatic N) is 6. The fourth-order valence-electron chi connectivity index (χ4n) is 3.93. The molecule has 0 bridgehead atoms. The first-order valence-electron chi connectivity index (χ1n) is 11.7. The van der Waals surface area contributed by atoms with E-state index in [0.717, 1.165) is 30.2 Å². The number of carbonyl (C=O) groups excluding carboxylic acids is 1. The standard InChI is InChI=1S/C27H29ClN6O/c1-4-32(5-2)25-13-9-12-23(29-25)19-33(24-16-14-22(28)15-17-24)27(35)26-20(3)34(31-30-26)18-21-10-7-6-8-11-21/h6-17H,4-5,18-19H2,1-3H3. The van der Waals surface area contributed by atoms with Crippen molar-refractivity contribution in [2.45, 2.75) is 33.9 Å². The molecule has 1 amide bonds. The van der Waals surface area contributed by atoms with Crippen LogP contribution in [0, 0.1) is 6.92 Å². The van der Waals surface area contributed by atoms with Gasteiger partial charge in [0.1, 0.15) is 5.82 Å². The van der Waals surface area contributed by atoms with E-state index in [9.17, 15) is 4.79 Å². The van der Waals surface area contributed by atoms with Crippen LogP contribution in [0.4, 0.5) is 11.5 Å². The smallest absolute Gasteiger partial charge is 0.281 e. The Hall–Kier alpha value is -3.71. The van der Waals surface area contributed by atoms with E-state index in [1.165, 1.54) is 0 Å². The van der Waals surface area contributed by atoms with E-state index in [-0.39, 0.29) is 5.91 Å². The number of rotatable bonds is 9. The molecule has 4 aromatic rings. The second-order valence-electron chi connectivity index (χ2n) is 8.19. The highest BCUT2D eigenvalue weighted by atomic mass is 35.5. The minimum Gasteiger partial charge on any atom is -0.357 e. The van der Waals surface area contributed by atoms with Crippen LogP contribution >= 0.6 is 11.6 Å². The molecule has 0 unspecified atom stereocenters. The number of benzene rings is 2. The third-order valence-electron chi connectivity index (χ3n) is 5.94. The monoisotopic (exact) mass is 488 g/mol. The lowest BCUT2D eigenvalue weighted by atomic mass is 10.2. The molecular weight excluding hydrogens is 460 g/mol. The molecule has 2 aromatic carbocycles. The van der Waals surface area contributed by atoms with Crippen molar-refractivity contribution in [3.8, 4) is 0 Å². The van der Waals surface area contributed by atoms with Crippen LogP contribution in [0.2, 0.25) is 5.02 Å². The maximum Gasteiger partial charge on any atom is 0.281 e. The highest BCUT2D eigenvalue weighted by molar-refractivity contribution is 6.30. The van der Waals surface area contributed by atoms with E-state index in [0.29, 0.717) is 35.2 Å². The fourth-order valence-corrected chi connectivity index (χ4v) is 4.06. The Morgan fingerprint density at radius 2 is 1.66 bits per heavy atom. The van der Waals surface area contributed by atoms with E-state index in [1.807, 2.05) is 67.6 Å². The average Bonchev–Trinajstić information content (AvgIpc) is 3.24. The molecule has 0 spiro atoms. The zero-order valence-electron chi connectivity index (χ0n) is 20.2. The van der Waals surface area contributed by atoms with Crippen LogP contribution in [-0.2, 0) is 13.1 Å². The summed E-state index contributed by atoms with van der Waals surface area (Å²) in [5.74, 6) is 0.653. The number of aromatic nitrogens is 4. The van der Waals surface area contributed by atoms with Gasteiger partial charge in [0.25, 0.3) is 5.91 Å². The largest absolute Gasteiger partial charge is 0.357 e. The Balaban J connectivity index is 1.66. The lowest BCUT2D eigenvalue weighted by molar-refractivity contribution is 0.0979. The maximum atomic E-state index is 13.8. The molecule has 180 valence electrons. The number of pyridine rings is 1. The quantitative estimate of drug-likeness (QED) is 0.316. The molecule has 0 radical (unpaired) electrons. The predicted octanol–water partition coefficient (Wildman–Crippen LogP) is 5.38. The van der Waals surface area contributed by atoms with Gasteiger partial charge in [-0.05, 0) is 62.7 Å². The third-order valence-corrected chi connectivity index (χ3v) is 6.20. The van der Waals surface area contributed by atoms with E-state index >= 15 is 0 Å². The van der Waals surface area contributed by atoms with Gasteiger partial charge in [-0.15, -0.1) is 5.10 Å². The summed E-state index contributed by atoms with van der Waals surface area (Å²) in [5.41, 5.74) is 3.61. The zero-order chi connectivity index (χ0) is 24.8. The van der Waals surface area contributed by atoms with Crippen molar-refractivity contribution >= 4 is 29.0 Å². The van der Waals surface area contributed by atoms with E-state index in [2.05, 4.69) is 29.1 Å². The topological polar surface area (TPSA) is 67.2 Å². The Bertz CT molecular complexity index is 1270. The molecule has 0 aliphatic carbocycles. The van der Waals surface area contributed by atoms with Gasteiger partial charge >= 0.3 is 0 Å². The molecule has 2 aromatic heterocycles. The number of anilines is 2. The van der Waals surface area contributed by atoms with Crippen LogP contribution in [0.15, 0.2) is 72.8 Å². The van der Waals surface area contributed by atoms with Crippen molar-refractivity contribution in [3.05, 3.63) is 100 Å². The summed E-state index contributed by atoms with van der Waals surface area (Å²) in [7, 11) is 0. The van der Waals surface area contributed by atoms with Crippen LogP contribution in [0.3, 0.4) is 0 Å². The van der Waals surface area contributed by atoms with Gasteiger partial charge in [-0.25, -0.2) is 9.67 Å². The van der Waals surface area contributed by atoms with Crippen molar-refractivity contribution in [1.29, 1.82) is 0 Å². The molecular formula is C27H29ClN6O. The van der Waals surface area contributed by atoms with Gasteiger partial charge in [-0.2, -0.15) is 0 Å². The molecule has 0 saturated carbocycles. The Morgan fingerprint density at radius 3 is 2.34 bits per heavy atom. The van der Waals surface area contributed by atoms with Gasteiger partial charge < -0.3 is 9.80 Å². The highest BCUT2D eigenvalue weighted by Crippen LogP contribution is 2.23. The predicted molar refractivity (Wildman–Crippen MR) is 140 cm³/mol. The zero-order valence-corrected chi connectivity index (χ0v) is 21.0. The summed E-state index contributed by atoms with van der Waals surface area (Å²) in [5, 5.41) is 9.13. The molecule has 4 rings (SSSR count). The van der Waals surface area contributed by atoms with E-state index < -0.39 is 0 Å². The molecule has 0 N–H and O–H groups in total. The highest BCUT2D eigenvalue weighted by Gasteiger charge is 2.25. The van der Waals surface area contributed by atoms with Crippen molar-refractivity contribution in [1.82, 2.24) is 20.0 Å². The van der Waals surface area contributed by atoms with Gasteiger partial charge in [-0.1, -0.05) is 53.2 Å². The molecule has 0 aliphatic rings. The average molecular weight is 489 g/mol. The summed E-state index contributed by atoms with van der Waals surface area (Å²) >= 11 is 6.12. The molecule has 0 fully saturated rings. The SMILES string of the molecule is CCN(CC)c1cccc(CN(C(=O)c2nnn(Cc3ccccc3)c2C)c2ccc(Cl)cc2)n1. The number of halogens is 1. The lowest BCUT2D eigenvalue weighted by Gasteiger charge is -2.24. The van der Waals surface area contributed by atoms with Crippen LogP contribution in [0.25, 0.3) is 0 Å². The molecule has 0 aliphatic heterocycles. The Labute approximate surface area is 211 Å². The molecule has 0 saturated heterocycles. The third kappa shape index (κ3) is 5.69. The number of hydrogen-bond acceptors (Lipinski definition) is 5. The number of carbonyl (C=O) groups is 1. The van der Waals surface area contributed by atoms with Crippen LogP contribution in [0.1, 0.15) is 41.3 Å². The summed E-state index contributed by atoms with van der Waals surface area (Å²) in [6.45, 7) is 8.62. The van der Waals surface area contributed by atoms with Gasteiger partial charge in [0, 0.05) is 23.8 Å². The van der Waals surface area contributed by atoms with Crippen LogP contribution < -0.4 is 9.80 Å². The summed E-state index contributed by atoms with van der Waals surface area (Å²) in [6.07, 6.45) is 0. The molecule has 2 heterocycles. The van der Waals surface area contributed by atoms with Crippen molar-refractivity contribution in [2.24, 2.45) is 0 Å². The minimum atomic E-state index is -0.237. The first-order valence-corrected chi connectivity index (χ1v) is 12.1. The summed E-state index contributed by atoms with van der Waals surface area (Å²) in [4.78, 5) is 22.5. The lowest BCUT2D eigenvalue weighted by Crippen LogP contribution is -2.32. The van der Waals surface area contributed by atoms with Crippen molar-refractivity contribution in [2.75, 3.05) is 22.9 Å². The summed E-state index contributed by atoms with van der Waals surface area (Å²) < 4.78 is 1.75. The molecule has 0 atom stereocenters.